The van der Waals surface area contributed by atoms with Gasteiger partial charge in [0.05, 0.1) is 12.6 Å². The van der Waals surface area contributed by atoms with E-state index < -0.39 is 0 Å². The average molecular weight is 233 g/mol. The van der Waals surface area contributed by atoms with Gasteiger partial charge in [0.25, 0.3) is 0 Å². The van der Waals surface area contributed by atoms with Gasteiger partial charge in [0.1, 0.15) is 5.75 Å². The molecule has 3 heteroatoms. The molecule has 0 amide bonds. The zero-order valence-electron chi connectivity index (χ0n) is 10.9. The van der Waals surface area contributed by atoms with Crippen molar-refractivity contribution >= 4 is 10.9 Å². The number of aliphatic hydroxyl groups is 1. The van der Waals surface area contributed by atoms with E-state index in [0.29, 0.717) is 6.42 Å². The molecule has 0 atom stereocenters. The maximum atomic E-state index is 9.19. The molecule has 17 heavy (non-hydrogen) atoms. The Morgan fingerprint density at radius 1 is 1.29 bits per heavy atom. The second kappa shape index (κ2) is 4.41. The van der Waals surface area contributed by atoms with Crippen molar-refractivity contribution in [2.75, 3.05) is 13.7 Å². The Bertz CT molecular complexity index is 555. The summed E-state index contributed by atoms with van der Waals surface area (Å²) in [4.78, 5) is 0. The Labute approximate surface area is 102 Å². The van der Waals surface area contributed by atoms with Crippen LogP contribution in [-0.4, -0.2) is 23.4 Å². The molecule has 1 heterocycles. The third-order valence-electron chi connectivity index (χ3n) is 3.51. The van der Waals surface area contributed by atoms with Gasteiger partial charge in [-0.3, -0.25) is 0 Å². The van der Waals surface area contributed by atoms with E-state index in [4.69, 9.17) is 4.74 Å². The predicted octanol–water partition coefficient (Wildman–Crippen LogP) is 2.34. The molecule has 1 aromatic carbocycles. The van der Waals surface area contributed by atoms with Crippen molar-refractivity contribution in [3.63, 3.8) is 0 Å². The topological polar surface area (TPSA) is 34.4 Å². The van der Waals surface area contributed by atoms with Crippen molar-refractivity contribution in [2.45, 2.75) is 20.3 Å². The van der Waals surface area contributed by atoms with Gasteiger partial charge in [0, 0.05) is 24.7 Å². The minimum atomic E-state index is 0.177. The van der Waals surface area contributed by atoms with Gasteiger partial charge >= 0.3 is 0 Å². The Hall–Kier alpha value is -1.48. The molecule has 0 spiro atoms. The monoisotopic (exact) mass is 233 g/mol. The van der Waals surface area contributed by atoms with Crippen LogP contribution in [-0.2, 0) is 13.5 Å². The molecule has 92 valence electrons. The van der Waals surface area contributed by atoms with Crippen molar-refractivity contribution in [3.05, 3.63) is 29.0 Å². The second-order valence-corrected chi connectivity index (χ2v) is 4.40. The quantitative estimate of drug-likeness (QED) is 0.883. The lowest BCUT2D eigenvalue weighted by Gasteiger charge is -2.07. The molecule has 0 radical (unpaired) electrons. The molecule has 0 saturated carbocycles. The van der Waals surface area contributed by atoms with Crippen molar-refractivity contribution in [2.24, 2.45) is 7.05 Å². The standard InChI is InChI=1S/C14H19NO2/c1-9-5-6-12(17-4)14-13(9)11(7-8-16)10(2)15(14)3/h5-6,16H,7-8H2,1-4H3. The van der Waals surface area contributed by atoms with Crippen molar-refractivity contribution in [1.82, 2.24) is 4.57 Å². The molecule has 0 aliphatic heterocycles. The number of methoxy groups -OCH3 is 1. The Morgan fingerprint density at radius 2 is 2.00 bits per heavy atom. The first-order valence-electron chi connectivity index (χ1n) is 5.84. The Balaban J connectivity index is 2.87. The summed E-state index contributed by atoms with van der Waals surface area (Å²) in [5, 5.41) is 10.4. The van der Waals surface area contributed by atoms with Crippen LogP contribution in [0.4, 0.5) is 0 Å². The first-order chi connectivity index (χ1) is 8.11. The summed E-state index contributed by atoms with van der Waals surface area (Å²) in [6.07, 6.45) is 0.692. The molecule has 1 aromatic heterocycles. The highest BCUT2D eigenvalue weighted by Gasteiger charge is 2.16. The highest BCUT2D eigenvalue weighted by atomic mass is 16.5. The highest BCUT2D eigenvalue weighted by Crippen LogP contribution is 2.34. The van der Waals surface area contributed by atoms with Gasteiger partial charge in [-0.25, -0.2) is 0 Å². The first kappa shape index (κ1) is 12.0. The molecular weight excluding hydrogens is 214 g/mol. The molecule has 0 bridgehead atoms. The minimum Gasteiger partial charge on any atom is -0.495 e. The summed E-state index contributed by atoms with van der Waals surface area (Å²) in [6, 6.07) is 4.07. The fourth-order valence-electron chi connectivity index (χ4n) is 2.52. The number of benzene rings is 1. The van der Waals surface area contributed by atoms with Crippen LogP contribution >= 0.6 is 0 Å². The number of hydrogen-bond donors (Lipinski definition) is 1. The summed E-state index contributed by atoms with van der Waals surface area (Å²) in [6.45, 7) is 4.36. The number of rotatable bonds is 3. The van der Waals surface area contributed by atoms with E-state index in [1.54, 1.807) is 7.11 Å². The third kappa shape index (κ3) is 1.71. The van der Waals surface area contributed by atoms with Gasteiger partial charge in [0.15, 0.2) is 0 Å². The van der Waals surface area contributed by atoms with Crippen LogP contribution < -0.4 is 4.74 Å². The molecule has 3 nitrogen and oxygen atoms in total. The van der Waals surface area contributed by atoms with Crippen LogP contribution in [0.2, 0.25) is 0 Å². The summed E-state index contributed by atoms with van der Waals surface area (Å²) in [5.41, 5.74) is 4.77. The maximum absolute atomic E-state index is 9.19. The number of hydrogen-bond acceptors (Lipinski definition) is 2. The molecule has 0 saturated heterocycles. The molecule has 2 rings (SSSR count). The van der Waals surface area contributed by atoms with Gasteiger partial charge in [-0.15, -0.1) is 0 Å². The van der Waals surface area contributed by atoms with E-state index in [0.717, 1.165) is 11.3 Å². The number of nitrogens with zero attached hydrogens (tertiary/aromatic N) is 1. The third-order valence-corrected chi connectivity index (χ3v) is 3.51. The van der Waals surface area contributed by atoms with Gasteiger partial charge in [-0.05, 0) is 37.5 Å². The van der Waals surface area contributed by atoms with E-state index in [9.17, 15) is 5.11 Å². The Kier molecular flexibility index (Phi) is 3.11. The predicted molar refractivity (Wildman–Crippen MR) is 69.7 cm³/mol. The largest absolute Gasteiger partial charge is 0.495 e. The second-order valence-electron chi connectivity index (χ2n) is 4.40. The highest BCUT2D eigenvalue weighted by molar-refractivity contribution is 5.93. The van der Waals surface area contributed by atoms with E-state index in [-0.39, 0.29) is 6.61 Å². The number of aliphatic hydroxyl groups excluding tert-OH is 1. The Morgan fingerprint density at radius 3 is 2.59 bits per heavy atom. The molecular formula is C14H19NO2. The fraction of sp³-hybridized carbons (Fsp3) is 0.429. The molecule has 0 aliphatic rings. The van der Waals surface area contributed by atoms with Crippen molar-refractivity contribution in [1.29, 1.82) is 0 Å². The van der Waals surface area contributed by atoms with E-state index >= 15 is 0 Å². The summed E-state index contributed by atoms with van der Waals surface area (Å²) < 4.78 is 7.57. The molecule has 1 N–H and O–H groups in total. The van der Waals surface area contributed by atoms with E-state index in [1.165, 1.54) is 22.2 Å². The zero-order valence-corrected chi connectivity index (χ0v) is 10.9. The fourth-order valence-corrected chi connectivity index (χ4v) is 2.52. The van der Waals surface area contributed by atoms with Gasteiger partial charge in [0.2, 0.25) is 0 Å². The zero-order chi connectivity index (χ0) is 12.6. The minimum absolute atomic E-state index is 0.177. The molecule has 0 fully saturated rings. The first-order valence-corrected chi connectivity index (χ1v) is 5.84. The van der Waals surface area contributed by atoms with Crippen LogP contribution in [0, 0.1) is 13.8 Å². The van der Waals surface area contributed by atoms with Crippen LogP contribution in [0.25, 0.3) is 10.9 Å². The maximum Gasteiger partial charge on any atom is 0.143 e. The summed E-state index contributed by atoms with van der Waals surface area (Å²) >= 11 is 0. The lowest BCUT2D eigenvalue weighted by molar-refractivity contribution is 0.299. The van der Waals surface area contributed by atoms with Crippen LogP contribution in [0.5, 0.6) is 5.75 Å². The van der Waals surface area contributed by atoms with E-state index in [2.05, 4.69) is 24.5 Å². The van der Waals surface area contributed by atoms with Gasteiger partial charge < -0.3 is 14.4 Å². The number of fused-ring (bicyclic) bond motifs is 1. The number of ether oxygens (including phenoxy) is 1. The lowest BCUT2D eigenvalue weighted by Crippen LogP contribution is -1.95. The van der Waals surface area contributed by atoms with Crippen molar-refractivity contribution < 1.29 is 9.84 Å². The molecule has 0 aliphatic carbocycles. The van der Waals surface area contributed by atoms with Crippen LogP contribution in [0.15, 0.2) is 12.1 Å². The molecule has 2 aromatic rings. The summed E-state index contributed by atoms with van der Waals surface area (Å²) in [7, 11) is 3.73. The van der Waals surface area contributed by atoms with Crippen LogP contribution in [0.1, 0.15) is 16.8 Å². The summed E-state index contributed by atoms with van der Waals surface area (Å²) in [5.74, 6) is 0.889. The number of aryl methyl sites for hydroxylation is 2. The normalized spacial score (nSPS) is 11.1. The average Bonchev–Trinajstić information content (AvgIpc) is 2.57. The van der Waals surface area contributed by atoms with Crippen molar-refractivity contribution in [3.8, 4) is 5.75 Å². The van der Waals surface area contributed by atoms with Gasteiger partial charge in [-0.2, -0.15) is 0 Å². The van der Waals surface area contributed by atoms with Crippen LogP contribution in [0.3, 0.4) is 0 Å². The lowest BCUT2D eigenvalue weighted by atomic mass is 10.0. The SMILES string of the molecule is COc1ccc(C)c2c(CCO)c(C)n(C)c12. The smallest absolute Gasteiger partial charge is 0.143 e. The number of aromatic nitrogens is 1. The van der Waals surface area contributed by atoms with E-state index in [1.807, 2.05) is 13.1 Å². The molecule has 0 unspecified atom stereocenters. The van der Waals surface area contributed by atoms with Gasteiger partial charge in [-0.1, -0.05) is 6.07 Å².